The van der Waals surface area contributed by atoms with Crippen LogP contribution >= 0.6 is 0 Å². The van der Waals surface area contributed by atoms with Gasteiger partial charge in [0, 0.05) is 18.6 Å². The number of nitrogens with one attached hydrogen (secondary N) is 2. The maximum Gasteiger partial charge on any atom is 0.296 e. The molecule has 0 bridgehead atoms. The van der Waals surface area contributed by atoms with Crippen LogP contribution in [0.15, 0.2) is 18.2 Å². The lowest BCUT2D eigenvalue weighted by molar-refractivity contribution is -0.384. The van der Waals surface area contributed by atoms with E-state index >= 15 is 0 Å². The van der Waals surface area contributed by atoms with Crippen LogP contribution in [0.1, 0.15) is 27.7 Å². The maximum atomic E-state index is 11.1. The van der Waals surface area contributed by atoms with Crippen LogP contribution in [-0.2, 0) is 0 Å². The van der Waals surface area contributed by atoms with Crippen LogP contribution in [0.5, 0.6) is 5.75 Å². The molecular formula is C14H23N3O3. The van der Waals surface area contributed by atoms with Gasteiger partial charge in [0.2, 0.25) is 0 Å². The molecule has 6 heteroatoms. The van der Waals surface area contributed by atoms with Gasteiger partial charge in [-0.25, -0.2) is 0 Å². The second-order valence-corrected chi connectivity index (χ2v) is 5.47. The highest BCUT2D eigenvalue weighted by Gasteiger charge is 2.15. The first kappa shape index (κ1) is 16.2. The van der Waals surface area contributed by atoms with Gasteiger partial charge in [-0.3, -0.25) is 10.1 Å². The Bertz CT molecular complexity index is 455. The van der Waals surface area contributed by atoms with Gasteiger partial charge in [-0.1, -0.05) is 0 Å². The molecule has 1 aromatic carbocycles. The average Bonchev–Trinajstić information content (AvgIpc) is 2.35. The zero-order chi connectivity index (χ0) is 15.2. The monoisotopic (exact) mass is 281 g/mol. The van der Waals surface area contributed by atoms with E-state index in [2.05, 4.69) is 31.4 Å². The van der Waals surface area contributed by atoms with Crippen molar-refractivity contribution < 1.29 is 9.66 Å². The molecule has 20 heavy (non-hydrogen) atoms. The summed E-state index contributed by atoms with van der Waals surface area (Å²) in [5.41, 5.74) is 0.577. The summed E-state index contributed by atoms with van der Waals surface area (Å²) in [6.07, 6.45) is 0. The van der Waals surface area contributed by atoms with Gasteiger partial charge in [0.05, 0.1) is 17.6 Å². The van der Waals surface area contributed by atoms with E-state index in [9.17, 15) is 10.1 Å². The molecule has 0 atom stereocenters. The summed E-state index contributed by atoms with van der Waals surface area (Å²) in [7, 11) is 0. The Balaban J connectivity index is 2.67. The molecule has 0 aliphatic rings. The van der Waals surface area contributed by atoms with Crippen LogP contribution in [-0.4, -0.2) is 30.2 Å². The molecule has 2 N–H and O–H groups in total. The summed E-state index contributed by atoms with van der Waals surface area (Å²) in [5.74, 6) is 0.512. The van der Waals surface area contributed by atoms with E-state index in [1.165, 1.54) is 6.07 Å². The molecule has 1 aromatic rings. The molecule has 0 aliphatic carbocycles. The number of ether oxygens (including phenoxy) is 1. The van der Waals surface area contributed by atoms with E-state index in [1.54, 1.807) is 12.1 Å². The van der Waals surface area contributed by atoms with E-state index in [4.69, 9.17) is 4.74 Å². The highest BCUT2D eigenvalue weighted by molar-refractivity contribution is 5.63. The second kappa shape index (κ2) is 7.09. The van der Waals surface area contributed by atoms with Crippen LogP contribution in [0.3, 0.4) is 0 Å². The predicted octanol–water partition coefficient (Wildman–Crippen LogP) is 2.79. The lowest BCUT2D eigenvalue weighted by Crippen LogP contribution is -2.38. The van der Waals surface area contributed by atoms with Crippen molar-refractivity contribution in [1.29, 1.82) is 0 Å². The van der Waals surface area contributed by atoms with Crippen molar-refractivity contribution in [1.82, 2.24) is 5.32 Å². The molecule has 6 nitrogen and oxygen atoms in total. The predicted molar refractivity (Wildman–Crippen MR) is 80.5 cm³/mol. The van der Waals surface area contributed by atoms with Crippen LogP contribution in [0.25, 0.3) is 0 Å². The average molecular weight is 281 g/mol. The summed E-state index contributed by atoms with van der Waals surface area (Å²) < 4.78 is 5.28. The minimum atomic E-state index is -0.401. The lowest BCUT2D eigenvalue weighted by atomic mass is 10.1. The molecule has 0 unspecified atom stereocenters. The van der Waals surface area contributed by atoms with Crippen molar-refractivity contribution in [2.75, 3.05) is 25.0 Å². The van der Waals surface area contributed by atoms with Crippen molar-refractivity contribution in [2.45, 2.75) is 33.2 Å². The number of nitro groups is 1. The third kappa shape index (κ3) is 5.44. The third-order valence-corrected chi connectivity index (χ3v) is 2.57. The number of nitro benzene ring substituents is 1. The second-order valence-electron chi connectivity index (χ2n) is 5.47. The van der Waals surface area contributed by atoms with Crippen LogP contribution in [0, 0.1) is 10.1 Å². The first-order valence-corrected chi connectivity index (χ1v) is 6.73. The highest BCUT2D eigenvalue weighted by atomic mass is 16.6. The van der Waals surface area contributed by atoms with Crippen molar-refractivity contribution in [3.05, 3.63) is 28.3 Å². The van der Waals surface area contributed by atoms with Crippen LogP contribution in [0.4, 0.5) is 11.4 Å². The lowest BCUT2D eigenvalue weighted by Gasteiger charge is -2.20. The Labute approximate surface area is 119 Å². The van der Waals surface area contributed by atoms with Crippen molar-refractivity contribution >= 4 is 11.4 Å². The Morgan fingerprint density at radius 2 is 2.00 bits per heavy atom. The molecule has 0 saturated heterocycles. The van der Waals surface area contributed by atoms with E-state index < -0.39 is 4.92 Å². The van der Waals surface area contributed by atoms with E-state index in [0.717, 1.165) is 6.54 Å². The Kier molecular flexibility index (Phi) is 5.76. The molecular weight excluding hydrogens is 258 g/mol. The fraction of sp³-hybridized carbons (Fsp3) is 0.571. The van der Waals surface area contributed by atoms with Crippen LogP contribution in [0.2, 0.25) is 0 Å². The largest absolute Gasteiger partial charge is 0.494 e. The van der Waals surface area contributed by atoms with Gasteiger partial charge in [0.15, 0.2) is 0 Å². The Hall–Kier alpha value is -1.82. The molecule has 0 fully saturated rings. The molecule has 0 heterocycles. The molecule has 0 aliphatic heterocycles. The minimum absolute atomic E-state index is 0.0340. The fourth-order valence-electron chi connectivity index (χ4n) is 1.70. The third-order valence-electron chi connectivity index (χ3n) is 2.57. The van der Waals surface area contributed by atoms with Gasteiger partial charge in [0.1, 0.15) is 11.4 Å². The van der Waals surface area contributed by atoms with Gasteiger partial charge in [0.25, 0.3) is 5.69 Å². The van der Waals surface area contributed by atoms with E-state index in [1.807, 2.05) is 6.92 Å². The van der Waals surface area contributed by atoms with Gasteiger partial charge in [-0.2, -0.15) is 0 Å². The zero-order valence-electron chi connectivity index (χ0n) is 12.5. The number of nitrogens with zero attached hydrogens (tertiary/aromatic N) is 1. The summed E-state index contributed by atoms with van der Waals surface area (Å²) in [6.45, 7) is 9.90. The topological polar surface area (TPSA) is 76.4 Å². The first-order chi connectivity index (χ1) is 9.33. The van der Waals surface area contributed by atoms with E-state index in [0.29, 0.717) is 24.6 Å². The standard InChI is InChI=1S/C14H23N3O3/c1-5-20-11-6-7-12(13(10-11)17(18)19)15-8-9-16-14(2,3)4/h6-7,10,15-16H,5,8-9H2,1-4H3. The van der Waals surface area contributed by atoms with Gasteiger partial charge in [-0.05, 0) is 39.8 Å². The van der Waals surface area contributed by atoms with Gasteiger partial charge in [-0.15, -0.1) is 0 Å². The number of rotatable bonds is 7. The molecule has 0 spiro atoms. The minimum Gasteiger partial charge on any atom is -0.494 e. The molecule has 0 saturated carbocycles. The SMILES string of the molecule is CCOc1ccc(NCCNC(C)(C)C)c([N+](=O)[O-])c1. The number of benzene rings is 1. The van der Waals surface area contributed by atoms with Crippen molar-refractivity contribution in [3.8, 4) is 5.75 Å². The smallest absolute Gasteiger partial charge is 0.296 e. The molecule has 0 aromatic heterocycles. The molecule has 0 radical (unpaired) electrons. The first-order valence-electron chi connectivity index (χ1n) is 6.73. The van der Waals surface area contributed by atoms with Gasteiger partial charge < -0.3 is 15.4 Å². The molecule has 0 amide bonds. The molecule has 112 valence electrons. The quantitative estimate of drug-likeness (QED) is 0.456. The maximum absolute atomic E-state index is 11.1. The normalized spacial score (nSPS) is 11.2. The summed E-state index contributed by atoms with van der Waals surface area (Å²) in [5, 5.41) is 17.5. The number of anilines is 1. The van der Waals surface area contributed by atoms with E-state index in [-0.39, 0.29) is 11.2 Å². The number of hydrogen-bond donors (Lipinski definition) is 2. The summed E-state index contributed by atoms with van der Waals surface area (Å²) in [6, 6.07) is 4.86. The molecule has 1 rings (SSSR count). The van der Waals surface area contributed by atoms with Gasteiger partial charge >= 0.3 is 0 Å². The van der Waals surface area contributed by atoms with Crippen LogP contribution < -0.4 is 15.4 Å². The summed E-state index contributed by atoms with van der Waals surface area (Å²) in [4.78, 5) is 10.7. The van der Waals surface area contributed by atoms with Crippen molar-refractivity contribution in [2.24, 2.45) is 0 Å². The Morgan fingerprint density at radius 3 is 2.55 bits per heavy atom. The zero-order valence-corrected chi connectivity index (χ0v) is 12.5. The fourth-order valence-corrected chi connectivity index (χ4v) is 1.70. The van der Waals surface area contributed by atoms with Crippen molar-refractivity contribution in [3.63, 3.8) is 0 Å². The highest BCUT2D eigenvalue weighted by Crippen LogP contribution is 2.28. The Morgan fingerprint density at radius 1 is 1.30 bits per heavy atom. The number of hydrogen-bond acceptors (Lipinski definition) is 5. The summed E-state index contributed by atoms with van der Waals surface area (Å²) >= 11 is 0.